The van der Waals surface area contributed by atoms with Crippen LogP contribution in [0.4, 0.5) is 11.4 Å². The van der Waals surface area contributed by atoms with Crippen molar-refractivity contribution in [2.24, 2.45) is 0 Å². The fraction of sp³-hybridized carbons (Fsp3) is 0.121. The van der Waals surface area contributed by atoms with Gasteiger partial charge in [-0.15, -0.1) is 11.8 Å². The maximum absolute atomic E-state index is 13.4. The summed E-state index contributed by atoms with van der Waals surface area (Å²) in [6.07, 6.45) is 2.23. The number of carbonyl (C=O) groups is 3. The van der Waals surface area contributed by atoms with E-state index in [1.165, 1.54) is 11.8 Å². The molecule has 4 aromatic rings. The van der Waals surface area contributed by atoms with Crippen molar-refractivity contribution < 1.29 is 19.1 Å². The molecule has 0 heterocycles. The highest BCUT2D eigenvalue weighted by atomic mass is 79.9. The topological polar surface area (TPSA) is 96.5 Å². The van der Waals surface area contributed by atoms with Crippen LogP contribution in [0.3, 0.4) is 0 Å². The van der Waals surface area contributed by atoms with Crippen molar-refractivity contribution >= 4 is 62.9 Å². The molecule has 3 N–H and O–H groups in total. The Balaban J connectivity index is 1.48. The first kappa shape index (κ1) is 30.6. The van der Waals surface area contributed by atoms with Crippen LogP contribution in [0.1, 0.15) is 29.3 Å². The average Bonchev–Trinajstić information content (AvgIpc) is 3.00. The number of hydrogen-bond acceptors (Lipinski definition) is 5. The zero-order chi connectivity index (χ0) is 29.9. The zero-order valence-electron chi connectivity index (χ0n) is 23.1. The van der Waals surface area contributed by atoms with Crippen LogP contribution in [0.25, 0.3) is 6.08 Å². The number of halogens is 1. The van der Waals surface area contributed by atoms with Gasteiger partial charge < -0.3 is 20.7 Å². The molecule has 1 atom stereocenters. The number of benzene rings is 4. The summed E-state index contributed by atoms with van der Waals surface area (Å²) < 4.78 is 6.02. The first-order valence-electron chi connectivity index (χ1n) is 13.2. The Hall–Kier alpha value is -4.34. The first-order chi connectivity index (χ1) is 20.3. The minimum absolute atomic E-state index is 0.0883. The average molecular weight is 645 g/mol. The Kier molecular flexibility index (Phi) is 11.0. The maximum atomic E-state index is 13.4. The predicted octanol–water partition coefficient (Wildman–Crippen LogP) is 7.38. The van der Waals surface area contributed by atoms with E-state index in [0.717, 1.165) is 14.9 Å². The molecule has 0 aromatic heterocycles. The molecule has 214 valence electrons. The molecule has 3 amide bonds. The Bertz CT molecular complexity index is 1580. The number of rotatable bonds is 11. The Morgan fingerprint density at radius 1 is 0.857 bits per heavy atom. The predicted molar refractivity (Wildman–Crippen MR) is 173 cm³/mol. The number of hydrogen-bond donors (Lipinski definition) is 3. The lowest BCUT2D eigenvalue weighted by Gasteiger charge is -2.16. The van der Waals surface area contributed by atoms with Gasteiger partial charge in [0.1, 0.15) is 11.4 Å². The molecule has 0 fully saturated rings. The van der Waals surface area contributed by atoms with Crippen molar-refractivity contribution in [3.63, 3.8) is 0 Å². The van der Waals surface area contributed by atoms with Gasteiger partial charge in [-0.2, -0.15) is 0 Å². The van der Waals surface area contributed by atoms with E-state index in [1.54, 1.807) is 67.8 Å². The zero-order valence-corrected chi connectivity index (χ0v) is 25.5. The van der Waals surface area contributed by atoms with E-state index < -0.39 is 11.8 Å². The van der Waals surface area contributed by atoms with Gasteiger partial charge in [0.25, 0.3) is 11.8 Å². The molecular weight excluding hydrogens is 614 g/mol. The molecule has 0 aliphatic heterocycles. The molecule has 4 rings (SSSR count). The second-order valence-electron chi connectivity index (χ2n) is 9.15. The Morgan fingerprint density at radius 2 is 1.60 bits per heavy atom. The molecule has 7 nitrogen and oxygen atoms in total. The van der Waals surface area contributed by atoms with Gasteiger partial charge in [-0.3, -0.25) is 14.4 Å². The van der Waals surface area contributed by atoms with E-state index in [1.807, 2.05) is 55.5 Å². The second kappa shape index (κ2) is 15.0. The molecule has 0 saturated heterocycles. The van der Waals surface area contributed by atoms with Gasteiger partial charge in [0.2, 0.25) is 5.91 Å². The van der Waals surface area contributed by atoms with Crippen LogP contribution in [-0.4, -0.2) is 30.1 Å². The summed E-state index contributed by atoms with van der Waals surface area (Å²) in [5.41, 5.74) is 2.47. The fourth-order valence-electron chi connectivity index (χ4n) is 3.93. The Labute approximate surface area is 257 Å². The lowest BCUT2D eigenvalue weighted by molar-refractivity contribution is -0.116. The normalized spacial score (nSPS) is 11.7. The largest absolute Gasteiger partial charge is 0.497 e. The van der Waals surface area contributed by atoms with Gasteiger partial charge in [-0.25, -0.2) is 0 Å². The minimum atomic E-state index is -0.481. The van der Waals surface area contributed by atoms with Gasteiger partial charge in [0.05, 0.1) is 12.4 Å². The highest BCUT2D eigenvalue weighted by Crippen LogP contribution is 2.29. The van der Waals surface area contributed by atoms with E-state index in [-0.39, 0.29) is 16.9 Å². The van der Waals surface area contributed by atoms with Crippen LogP contribution in [0.2, 0.25) is 0 Å². The number of thioether (sulfide) groups is 1. The van der Waals surface area contributed by atoms with E-state index in [9.17, 15) is 14.4 Å². The number of carbonyl (C=O) groups excluding carboxylic acids is 3. The maximum Gasteiger partial charge on any atom is 0.272 e. The van der Waals surface area contributed by atoms with E-state index >= 15 is 0 Å². The van der Waals surface area contributed by atoms with E-state index in [0.29, 0.717) is 29.1 Å². The van der Waals surface area contributed by atoms with Gasteiger partial charge in [0.15, 0.2) is 0 Å². The lowest BCUT2D eigenvalue weighted by atomic mass is 10.1. The molecule has 9 heteroatoms. The quantitative estimate of drug-likeness (QED) is 0.117. The molecule has 0 radical (unpaired) electrons. The summed E-state index contributed by atoms with van der Waals surface area (Å²) in [5.74, 6) is -0.289. The van der Waals surface area contributed by atoms with Crippen LogP contribution in [0.5, 0.6) is 5.75 Å². The summed E-state index contributed by atoms with van der Waals surface area (Å²) in [4.78, 5) is 40.1. The van der Waals surface area contributed by atoms with Crippen LogP contribution in [0.15, 0.2) is 118 Å². The van der Waals surface area contributed by atoms with Crippen molar-refractivity contribution in [3.8, 4) is 5.75 Å². The van der Waals surface area contributed by atoms with Crippen LogP contribution in [0, 0.1) is 0 Å². The van der Waals surface area contributed by atoms with Crippen molar-refractivity contribution in [2.75, 3.05) is 17.7 Å². The third kappa shape index (κ3) is 8.83. The molecule has 0 spiro atoms. The Morgan fingerprint density at radius 3 is 2.29 bits per heavy atom. The third-order valence-electron chi connectivity index (χ3n) is 6.08. The monoisotopic (exact) mass is 643 g/mol. The summed E-state index contributed by atoms with van der Waals surface area (Å²) in [6, 6.07) is 30.5. The standard InChI is InChI=1S/C33H30BrN3O4S/c1-3-30(33(40)35-25-15-17-27(41-2)18-16-25)42-28-14-8-13-26(21-28)36-32(39)29(20-22-9-7-12-24(34)19-22)37-31(38)23-10-5-4-6-11-23/h4-21,30H,3H2,1-2H3,(H,35,40)(H,36,39)(H,37,38)/b29-20+. The van der Waals surface area contributed by atoms with Gasteiger partial charge in [0, 0.05) is 26.3 Å². The molecule has 0 aliphatic rings. The highest BCUT2D eigenvalue weighted by molar-refractivity contribution is 9.10. The minimum Gasteiger partial charge on any atom is -0.497 e. The van der Waals surface area contributed by atoms with Crippen molar-refractivity contribution in [1.82, 2.24) is 5.32 Å². The molecule has 4 aromatic carbocycles. The molecule has 0 bridgehead atoms. The number of amides is 3. The van der Waals surface area contributed by atoms with Gasteiger partial charge >= 0.3 is 0 Å². The third-order valence-corrected chi connectivity index (χ3v) is 7.93. The molecule has 0 aliphatic carbocycles. The molecule has 42 heavy (non-hydrogen) atoms. The van der Waals surface area contributed by atoms with Crippen LogP contribution in [-0.2, 0) is 9.59 Å². The molecule has 0 saturated carbocycles. The number of ether oxygens (including phenoxy) is 1. The highest BCUT2D eigenvalue weighted by Gasteiger charge is 2.19. The van der Waals surface area contributed by atoms with Crippen LogP contribution >= 0.6 is 27.7 Å². The number of anilines is 2. The fourth-order valence-corrected chi connectivity index (χ4v) is 5.36. The SMILES string of the molecule is CCC(Sc1cccc(NC(=O)/C(=C\c2cccc(Br)c2)NC(=O)c2ccccc2)c1)C(=O)Nc1ccc(OC)cc1. The summed E-state index contributed by atoms with van der Waals surface area (Å²) in [6.45, 7) is 1.95. The molecular formula is C33H30BrN3O4S. The number of methoxy groups -OCH3 is 1. The van der Waals surface area contributed by atoms with Gasteiger partial charge in [-0.05, 0) is 84.8 Å². The smallest absolute Gasteiger partial charge is 0.272 e. The van der Waals surface area contributed by atoms with E-state index in [2.05, 4.69) is 31.9 Å². The van der Waals surface area contributed by atoms with Crippen LogP contribution < -0.4 is 20.7 Å². The summed E-state index contributed by atoms with van der Waals surface area (Å²) in [7, 11) is 1.59. The van der Waals surface area contributed by atoms with Crippen molar-refractivity contribution in [1.29, 1.82) is 0 Å². The van der Waals surface area contributed by atoms with E-state index in [4.69, 9.17) is 4.74 Å². The second-order valence-corrected chi connectivity index (χ2v) is 11.3. The summed E-state index contributed by atoms with van der Waals surface area (Å²) in [5, 5.41) is 8.23. The lowest BCUT2D eigenvalue weighted by Crippen LogP contribution is -2.30. The molecule has 1 unspecified atom stereocenters. The summed E-state index contributed by atoms with van der Waals surface area (Å²) >= 11 is 4.85. The first-order valence-corrected chi connectivity index (χ1v) is 14.9. The van der Waals surface area contributed by atoms with Gasteiger partial charge in [-0.1, -0.05) is 59.3 Å². The number of nitrogens with one attached hydrogen (secondary N) is 3. The van der Waals surface area contributed by atoms with Crippen molar-refractivity contribution in [2.45, 2.75) is 23.5 Å². The van der Waals surface area contributed by atoms with Crippen molar-refractivity contribution in [3.05, 3.63) is 124 Å².